The second kappa shape index (κ2) is 3.66. The summed E-state index contributed by atoms with van der Waals surface area (Å²) in [6, 6.07) is 0.513. The molecule has 0 unspecified atom stereocenters. The van der Waals surface area contributed by atoms with Crippen LogP contribution in [0.4, 0.5) is 6.01 Å². The summed E-state index contributed by atoms with van der Waals surface area (Å²) in [5.41, 5.74) is 8.47. The van der Waals surface area contributed by atoms with Crippen LogP contribution in [0.2, 0.25) is 0 Å². The van der Waals surface area contributed by atoms with E-state index < -0.39 is 0 Å². The molecule has 0 spiro atoms. The number of hydrogen-bond donors (Lipinski definition) is 1. The van der Waals surface area contributed by atoms with Gasteiger partial charge in [0.25, 0.3) is 6.01 Å². The molecule has 2 heterocycles. The second-order valence-corrected chi connectivity index (χ2v) is 4.15. The third-order valence-electron chi connectivity index (χ3n) is 2.58. The number of oxazole rings is 1. The molecule has 5 nitrogen and oxygen atoms in total. The van der Waals surface area contributed by atoms with Crippen molar-refractivity contribution < 1.29 is 4.42 Å². The summed E-state index contributed by atoms with van der Waals surface area (Å²) in [7, 11) is 0. The minimum atomic E-state index is 0.186. The molecule has 0 aromatic carbocycles. The third-order valence-corrected chi connectivity index (χ3v) is 2.58. The van der Waals surface area contributed by atoms with Gasteiger partial charge in [-0.05, 0) is 27.7 Å². The van der Waals surface area contributed by atoms with Crippen LogP contribution in [0, 0.1) is 13.8 Å². The smallest absolute Gasteiger partial charge is 0.292 e. The number of nitrogen functional groups attached to an aromatic ring is 1. The third kappa shape index (κ3) is 1.58. The molecule has 0 aliphatic heterocycles. The number of aryl methyl sites for hydroxylation is 1. The van der Waals surface area contributed by atoms with Gasteiger partial charge >= 0.3 is 0 Å². The lowest BCUT2D eigenvalue weighted by atomic mass is 10.1. The van der Waals surface area contributed by atoms with Gasteiger partial charge in [-0.3, -0.25) is 4.68 Å². The quantitative estimate of drug-likeness (QED) is 0.843. The lowest BCUT2D eigenvalue weighted by Crippen LogP contribution is -2.04. The minimum absolute atomic E-state index is 0.186. The topological polar surface area (TPSA) is 69.9 Å². The molecule has 0 bridgehead atoms. The Bertz CT molecular complexity index is 510. The molecule has 0 atom stereocenters. The molecule has 2 aromatic rings. The summed E-state index contributed by atoms with van der Waals surface area (Å²) in [6.45, 7) is 8.17. The molecule has 0 fully saturated rings. The molecule has 5 heteroatoms. The highest BCUT2D eigenvalue weighted by molar-refractivity contribution is 5.63. The van der Waals surface area contributed by atoms with Crippen molar-refractivity contribution in [3.05, 3.63) is 17.6 Å². The Morgan fingerprint density at radius 2 is 2.06 bits per heavy atom. The van der Waals surface area contributed by atoms with E-state index in [0.29, 0.717) is 11.8 Å². The monoisotopic (exact) mass is 220 g/mol. The number of rotatable bonds is 2. The molecule has 0 amide bonds. The molecule has 0 saturated carbocycles. The lowest BCUT2D eigenvalue weighted by molar-refractivity contribution is 0.516. The van der Waals surface area contributed by atoms with Crippen LogP contribution in [0.1, 0.15) is 31.3 Å². The Kier molecular flexibility index (Phi) is 2.46. The summed E-state index contributed by atoms with van der Waals surface area (Å²) < 4.78 is 7.31. The first-order valence-electron chi connectivity index (χ1n) is 5.28. The summed E-state index contributed by atoms with van der Waals surface area (Å²) in [5.74, 6) is 0.680. The van der Waals surface area contributed by atoms with E-state index in [1.165, 1.54) is 0 Å². The van der Waals surface area contributed by atoms with Crippen molar-refractivity contribution >= 4 is 6.01 Å². The van der Waals surface area contributed by atoms with E-state index in [2.05, 4.69) is 23.9 Å². The summed E-state index contributed by atoms with van der Waals surface area (Å²) >= 11 is 0. The number of nitrogens with two attached hydrogens (primary N) is 1. The van der Waals surface area contributed by atoms with Gasteiger partial charge in [-0.15, -0.1) is 0 Å². The Hall–Kier alpha value is -1.78. The van der Waals surface area contributed by atoms with Gasteiger partial charge < -0.3 is 10.2 Å². The zero-order chi connectivity index (χ0) is 11.9. The molecule has 16 heavy (non-hydrogen) atoms. The van der Waals surface area contributed by atoms with Crippen LogP contribution >= 0.6 is 0 Å². The van der Waals surface area contributed by atoms with Gasteiger partial charge in [0.15, 0.2) is 5.76 Å². The normalized spacial score (nSPS) is 11.3. The van der Waals surface area contributed by atoms with Gasteiger partial charge in [-0.1, -0.05) is 0 Å². The van der Waals surface area contributed by atoms with E-state index >= 15 is 0 Å². The molecule has 0 radical (unpaired) electrons. The zero-order valence-electron chi connectivity index (χ0n) is 9.98. The molecular formula is C11H16N4O. The summed E-state index contributed by atoms with van der Waals surface area (Å²) in [4.78, 5) is 3.90. The number of aromatic nitrogens is 3. The van der Waals surface area contributed by atoms with Gasteiger partial charge in [-0.25, -0.2) is 4.98 Å². The Morgan fingerprint density at radius 3 is 2.50 bits per heavy atom. The predicted molar refractivity (Wildman–Crippen MR) is 62.0 cm³/mol. The SMILES string of the molecule is Cc1nn(C(C)C)c(C)c1-c1cnc(N)o1. The van der Waals surface area contributed by atoms with Crippen LogP contribution in [-0.4, -0.2) is 14.8 Å². The van der Waals surface area contributed by atoms with Gasteiger partial charge in [-0.2, -0.15) is 5.10 Å². The van der Waals surface area contributed by atoms with Crippen LogP contribution in [0.5, 0.6) is 0 Å². The Balaban J connectivity index is 2.57. The average molecular weight is 220 g/mol. The van der Waals surface area contributed by atoms with Crippen molar-refractivity contribution in [1.82, 2.24) is 14.8 Å². The molecule has 2 rings (SSSR count). The highest BCUT2D eigenvalue weighted by atomic mass is 16.4. The fraction of sp³-hybridized carbons (Fsp3) is 0.455. The first-order valence-corrected chi connectivity index (χ1v) is 5.28. The van der Waals surface area contributed by atoms with E-state index in [1.54, 1.807) is 6.20 Å². The minimum Gasteiger partial charge on any atom is -0.424 e. The number of anilines is 1. The molecule has 0 aliphatic rings. The first-order chi connectivity index (χ1) is 7.50. The highest BCUT2D eigenvalue weighted by Crippen LogP contribution is 2.29. The summed E-state index contributed by atoms with van der Waals surface area (Å²) in [6.07, 6.45) is 1.64. The van der Waals surface area contributed by atoms with Crippen LogP contribution in [0.25, 0.3) is 11.3 Å². The second-order valence-electron chi connectivity index (χ2n) is 4.15. The van der Waals surface area contributed by atoms with Crippen molar-refractivity contribution in [1.29, 1.82) is 0 Å². The van der Waals surface area contributed by atoms with Crippen molar-refractivity contribution in [3.63, 3.8) is 0 Å². The van der Waals surface area contributed by atoms with Crippen LogP contribution < -0.4 is 5.73 Å². The van der Waals surface area contributed by atoms with Gasteiger partial charge in [0.2, 0.25) is 0 Å². The fourth-order valence-corrected chi connectivity index (χ4v) is 1.93. The lowest BCUT2D eigenvalue weighted by Gasteiger charge is -2.07. The predicted octanol–water partition coefficient (Wildman–Crippen LogP) is 2.32. The maximum absolute atomic E-state index is 5.48. The van der Waals surface area contributed by atoms with E-state index in [9.17, 15) is 0 Å². The van der Waals surface area contributed by atoms with Gasteiger partial charge in [0.1, 0.15) is 0 Å². The summed E-state index contributed by atoms with van der Waals surface area (Å²) in [5, 5.41) is 4.48. The number of nitrogens with zero attached hydrogens (tertiary/aromatic N) is 3. The van der Waals surface area contributed by atoms with E-state index in [4.69, 9.17) is 10.2 Å². The maximum atomic E-state index is 5.48. The highest BCUT2D eigenvalue weighted by Gasteiger charge is 2.17. The molecule has 0 aliphatic carbocycles. The zero-order valence-corrected chi connectivity index (χ0v) is 9.98. The number of hydrogen-bond acceptors (Lipinski definition) is 4. The molecular weight excluding hydrogens is 204 g/mol. The van der Waals surface area contributed by atoms with Crippen molar-refractivity contribution in [3.8, 4) is 11.3 Å². The van der Waals surface area contributed by atoms with Crippen LogP contribution in [0.3, 0.4) is 0 Å². The van der Waals surface area contributed by atoms with Crippen molar-refractivity contribution in [2.24, 2.45) is 0 Å². The molecule has 86 valence electrons. The van der Waals surface area contributed by atoms with Crippen molar-refractivity contribution in [2.45, 2.75) is 33.7 Å². The van der Waals surface area contributed by atoms with E-state index in [-0.39, 0.29) is 6.01 Å². The van der Waals surface area contributed by atoms with E-state index in [0.717, 1.165) is 17.0 Å². The van der Waals surface area contributed by atoms with Gasteiger partial charge in [0, 0.05) is 11.7 Å². The van der Waals surface area contributed by atoms with Crippen LogP contribution in [-0.2, 0) is 0 Å². The Labute approximate surface area is 94.3 Å². The fourth-order valence-electron chi connectivity index (χ4n) is 1.93. The van der Waals surface area contributed by atoms with Gasteiger partial charge in [0.05, 0.1) is 17.5 Å². The molecule has 2 N–H and O–H groups in total. The van der Waals surface area contributed by atoms with Crippen molar-refractivity contribution in [2.75, 3.05) is 5.73 Å². The largest absolute Gasteiger partial charge is 0.424 e. The van der Waals surface area contributed by atoms with E-state index in [1.807, 2.05) is 18.5 Å². The Morgan fingerprint density at radius 1 is 1.38 bits per heavy atom. The van der Waals surface area contributed by atoms with Crippen LogP contribution in [0.15, 0.2) is 10.6 Å². The average Bonchev–Trinajstić information content (AvgIpc) is 2.71. The first kappa shape index (κ1) is 10.7. The molecule has 0 saturated heterocycles. The maximum Gasteiger partial charge on any atom is 0.292 e. The standard InChI is InChI=1S/C11H16N4O/c1-6(2)15-8(4)10(7(3)14-15)9-5-13-11(12)16-9/h5-6H,1-4H3,(H2,12,13). The molecule has 2 aromatic heterocycles.